The van der Waals surface area contributed by atoms with Crippen molar-refractivity contribution in [2.45, 2.75) is 25.7 Å². The molecule has 1 heterocycles. The molecule has 0 amide bonds. The summed E-state index contributed by atoms with van der Waals surface area (Å²) in [5.41, 5.74) is 0. The summed E-state index contributed by atoms with van der Waals surface area (Å²) in [5.74, 6) is 0.961. The van der Waals surface area contributed by atoms with E-state index in [1.165, 1.54) is 45.4 Å². The van der Waals surface area contributed by atoms with Crippen LogP contribution < -0.4 is 5.32 Å². The lowest BCUT2D eigenvalue weighted by Gasteiger charge is -2.31. The molecule has 0 spiro atoms. The number of hydrogen-bond acceptors (Lipinski definition) is 2. The van der Waals surface area contributed by atoms with Crippen LogP contribution in [0, 0.1) is 5.92 Å². The van der Waals surface area contributed by atoms with Crippen molar-refractivity contribution in [1.82, 2.24) is 10.2 Å². The van der Waals surface area contributed by atoms with E-state index in [-0.39, 0.29) is 0 Å². The number of nitrogens with one attached hydrogen (secondary N) is 1. The zero-order valence-electron chi connectivity index (χ0n) is 9.47. The molecule has 2 nitrogen and oxygen atoms in total. The third-order valence-electron chi connectivity index (χ3n) is 3.16. The van der Waals surface area contributed by atoms with Crippen molar-refractivity contribution in [3.63, 3.8) is 0 Å². The summed E-state index contributed by atoms with van der Waals surface area (Å²) in [6.45, 7) is 8.74. The van der Waals surface area contributed by atoms with Gasteiger partial charge in [-0.05, 0) is 58.3 Å². The standard InChI is InChI=1S/C12H24N2/c1-3-4-9-14-10-6-12(7-11-14)5-8-13-2/h3,12-13H,1,4-11H2,2H3. The van der Waals surface area contributed by atoms with E-state index in [1.54, 1.807) is 0 Å². The zero-order chi connectivity index (χ0) is 10.2. The van der Waals surface area contributed by atoms with Crippen LogP contribution in [0.4, 0.5) is 0 Å². The minimum absolute atomic E-state index is 0.961. The van der Waals surface area contributed by atoms with Gasteiger partial charge in [0.1, 0.15) is 0 Å². The smallest absolute Gasteiger partial charge is 0.00158 e. The molecule has 0 unspecified atom stereocenters. The highest BCUT2D eigenvalue weighted by atomic mass is 15.1. The van der Waals surface area contributed by atoms with Gasteiger partial charge in [-0.1, -0.05) is 6.08 Å². The Morgan fingerprint density at radius 2 is 2.14 bits per heavy atom. The Kier molecular flexibility index (Phi) is 5.88. The van der Waals surface area contributed by atoms with Crippen molar-refractivity contribution >= 4 is 0 Å². The molecule has 0 aromatic rings. The van der Waals surface area contributed by atoms with E-state index in [0.717, 1.165) is 12.3 Å². The molecule has 82 valence electrons. The summed E-state index contributed by atoms with van der Waals surface area (Å²) in [7, 11) is 2.04. The number of likely N-dealkylation sites (tertiary alicyclic amines) is 1. The van der Waals surface area contributed by atoms with E-state index in [4.69, 9.17) is 0 Å². The first-order valence-electron chi connectivity index (χ1n) is 5.84. The van der Waals surface area contributed by atoms with Crippen LogP contribution in [0.3, 0.4) is 0 Å². The molecular weight excluding hydrogens is 172 g/mol. The molecule has 0 aliphatic carbocycles. The molecular formula is C12H24N2. The molecule has 1 fully saturated rings. The summed E-state index contributed by atoms with van der Waals surface area (Å²) in [6, 6.07) is 0. The third-order valence-corrected chi connectivity index (χ3v) is 3.16. The quantitative estimate of drug-likeness (QED) is 0.653. The number of piperidine rings is 1. The highest BCUT2D eigenvalue weighted by molar-refractivity contribution is 4.75. The molecule has 2 heteroatoms. The predicted octanol–water partition coefficient (Wildman–Crippen LogP) is 1.88. The molecule has 1 rings (SSSR count). The fraction of sp³-hybridized carbons (Fsp3) is 0.833. The minimum atomic E-state index is 0.961. The average Bonchev–Trinajstić information content (AvgIpc) is 2.25. The molecule has 0 aromatic carbocycles. The van der Waals surface area contributed by atoms with Crippen molar-refractivity contribution in [3.05, 3.63) is 12.7 Å². The number of rotatable bonds is 6. The lowest BCUT2D eigenvalue weighted by atomic mass is 9.93. The maximum Gasteiger partial charge on any atom is 0.00158 e. The summed E-state index contributed by atoms with van der Waals surface area (Å²) >= 11 is 0. The average molecular weight is 196 g/mol. The van der Waals surface area contributed by atoms with Crippen molar-refractivity contribution in [3.8, 4) is 0 Å². The van der Waals surface area contributed by atoms with E-state index in [2.05, 4.69) is 16.8 Å². The Balaban J connectivity index is 2.08. The summed E-state index contributed by atoms with van der Waals surface area (Å²) < 4.78 is 0. The summed E-state index contributed by atoms with van der Waals surface area (Å²) in [4.78, 5) is 2.57. The second-order valence-electron chi connectivity index (χ2n) is 4.25. The molecule has 1 N–H and O–H groups in total. The van der Waals surface area contributed by atoms with E-state index >= 15 is 0 Å². The van der Waals surface area contributed by atoms with Crippen LogP contribution in [0.1, 0.15) is 25.7 Å². The van der Waals surface area contributed by atoms with E-state index in [9.17, 15) is 0 Å². The Morgan fingerprint density at radius 1 is 1.43 bits per heavy atom. The van der Waals surface area contributed by atoms with Crippen LogP contribution >= 0.6 is 0 Å². The van der Waals surface area contributed by atoms with Gasteiger partial charge in [0.25, 0.3) is 0 Å². The van der Waals surface area contributed by atoms with Crippen molar-refractivity contribution in [2.75, 3.05) is 33.2 Å². The van der Waals surface area contributed by atoms with Crippen molar-refractivity contribution in [2.24, 2.45) is 5.92 Å². The number of nitrogens with zero attached hydrogens (tertiary/aromatic N) is 1. The van der Waals surface area contributed by atoms with Crippen LogP contribution in [-0.2, 0) is 0 Å². The second-order valence-corrected chi connectivity index (χ2v) is 4.25. The first-order valence-corrected chi connectivity index (χ1v) is 5.84. The van der Waals surface area contributed by atoms with Crippen LogP contribution in [0.25, 0.3) is 0 Å². The topological polar surface area (TPSA) is 15.3 Å². The van der Waals surface area contributed by atoms with E-state index < -0.39 is 0 Å². The van der Waals surface area contributed by atoms with Gasteiger partial charge in [-0.2, -0.15) is 0 Å². The van der Waals surface area contributed by atoms with Gasteiger partial charge >= 0.3 is 0 Å². The third kappa shape index (κ3) is 4.25. The number of hydrogen-bond donors (Lipinski definition) is 1. The van der Waals surface area contributed by atoms with Crippen molar-refractivity contribution < 1.29 is 0 Å². The monoisotopic (exact) mass is 196 g/mol. The lowest BCUT2D eigenvalue weighted by Crippen LogP contribution is -2.34. The molecule has 1 aliphatic rings. The predicted molar refractivity (Wildman–Crippen MR) is 62.5 cm³/mol. The van der Waals surface area contributed by atoms with Crippen LogP contribution in [0.15, 0.2) is 12.7 Å². The second kappa shape index (κ2) is 7.02. The molecule has 0 saturated carbocycles. The normalized spacial score (nSPS) is 19.8. The largest absolute Gasteiger partial charge is 0.320 e. The molecule has 0 bridgehead atoms. The highest BCUT2D eigenvalue weighted by Crippen LogP contribution is 2.19. The van der Waals surface area contributed by atoms with Gasteiger partial charge < -0.3 is 10.2 Å². The molecule has 1 saturated heterocycles. The van der Waals surface area contributed by atoms with Gasteiger partial charge in [-0.3, -0.25) is 0 Å². The first-order chi connectivity index (χ1) is 6.86. The SMILES string of the molecule is C=CCCN1CCC(CCNC)CC1. The van der Waals surface area contributed by atoms with E-state index in [0.29, 0.717) is 0 Å². The molecule has 0 aromatic heterocycles. The maximum absolute atomic E-state index is 3.77. The zero-order valence-corrected chi connectivity index (χ0v) is 9.47. The highest BCUT2D eigenvalue weighted by Gasteiger charge is 2.17. The van der Waals surface area contributed by atoms with Gasteiger partial charge in [-0.15, -0.1) is 6.58 Å². The summed E-state index contributed by atoms with van der Waals surface area (Å²) in [6.07, 6.45) is 7.29. The van der Waals surface area contributed by atoms with E-state index in [1.807, 2.05) is 13.1 Å². The molecule has 1 aliphatic heterocycles. The molecule has 0 atom stereocenters. The van der Waals surface area contributed by atoms with Crippen LogP contribution in [-0.4, -0.2) is 38.1 Å². The van der Waals surface area contributed by atoms with Gasteiger partial charge in [-0.25, -0.2) is 0 Å². The fourth-order valence-corrected chi connectivity index (χ4v) is 2.12. The Bertz CT molecular complexity index is 148. The first kappa shape index (κ1) is 11.7. The maximum atomic E-state index is 3.77. The Morgan fingerprint density at radius 3 is 2.71 bits per heavy atom. The van der Waals surface area contributed by atoms with Crippen molar-refractivity contribution in [1.29, 1.82) is 0 Å². The lowest BCUT2D eigenvalue weighted by molar-refractivity contribution is 0.182. The van der Waals surface area contributed by atoms with Gasteiger partial charge in [0, 0.05) is 6.54 Å². The Hall–Kier alpha value is -0.340. The fourth-order valence-electron chi connectivity index (χ4n) is 2.12. The van der Waals surface area contributed by atoms with Gasteiger partial charge in [0.15, 0.2) is 0 Å². The minimum Gasteiger partial charge on any atom is -0.320 e. The summed E-state index contributed by atoms with van der Waals surface area (Å²) in [5, 5.41) is 3.23. The van der Waals surface area contributed by atoms with Gasteiger partial charge in [0.2, 0.25) is 0 Å². The van der Waals surface area contributed by atoms with Crippen LogP contribution in [0.2, 0.25) is 0 Å². The molecule has 0 radical (unpaired) electrons. The molecule has 14 heavy (non-hydrogen) atoms. The van der Waals surface area contributed by atoms with Crippen LogP contribution in [0.5, 0.6) is 0 Å². The van der Waals surface area contributed by atoms with Gasteiger partial charge in [0.05, 0.1) is 0 Å². The Labute approximate surface area is 88.4 Å².